The summed E-state index contributed by atoms with van der Waals surface area (Å²) in [5, 5.41) is 0.814. The molecule has 3 aromatic rings. The second-order valence-corrected chi connectivity index (χ2v) is 7.69. The van der Waals surface area contributed by atoms with E-state index in [-0.39, 0.29) is 5.75 Å². The third-order valence-corrected chi connectivity index (χ3v) is 6.05. The maximum atomic E-state index is 12.2. The highest BCUT2D eigenvalue weighted by atomic mass is 32.2. The Labute approximate surface area is 127 Å². The molecule has 6 heteroatoms. The molecule has 0 N–H and O–H groups in total. The third-order valence-electron chi connectivity index (χ3n) is 3.09. The minimum atomic E-state index is -3.22. The Morgan fingerprint density at radius 1 is 1.05 bits per heavy atom. The van der Waals surface area contributed by atoms with E-state index >= 15 is 0 Å². The lowest BCUT2D eigenvalue weighted by molar-refractivity contribution is 0.597. The molecule has 0 aliphatic carbocycles. The number of hydrogen-bond donors (Lipinski definition) is 0. The van der Waals surface area contributed by atoms with Crippen LogP contribution in [0.4, 0.5) is 0 Å². The molecular weight excluding hydrogens is 304 g/mol. The predicted molar refractivity (Wildman–Crippen MR) is 84.4 cm³/mol. The number of pyridine rings is 1. The van der Waals surface area contributed by atoms with Gasteiger partial charge in [0.15, 0.2) is 15.0 Å². The van der Waals surface area contributed by atoms with Crippen molar-refractivity contribution in [2.24, 2.45) is 0 Å². The van der Waals surface area contributed by atoms with Crippen LogP contribution in [0.15, 0.2) is 71.0 Å². The molecule has 0 radical (unpaired) electrons. The van der Waals surface area contributed by atoms with Gasteiger partial charge in [-0.05, 0) is 24.3 Å². The van der Waals surface area contributed by atoms with Crippen LogP contribution >= 0.6 is 11.8 Å². The Morgan fingerprint density at radius 3 is 2.62 bits per heavy atom. The standard InChI is InChI=1S/C15H14N2O2S2/c18-21(19,14-7-2-1-3-8-14)11-10-20-15-16-12-13-6-4-5-9-17(13)15/h1-9,12H,10-11H2. The summed E-state index contributed by atoms with van der Waals surface area (Å²) < 4.78 is 26.3. The van der Waals surface area contributed by atoms with E-state index in [2.05, 4.69) is 4.98 Å². The predicted octanol–water partition coefficient (Wildman–Crippen LogP) is 2.90. The molecule has 0 aliphatic rings. The van der Waals surface area contributed by atoms with Crippen molar-refractivity contribution in [3.63, 3.8) is 0 Å². The van der Waals surface area contributed by atoms with Crippen molar-refractivity contribution in [2.45, 2.75) is 10.1 Å². The van der Waals surface area contributed by atoms with Crippen LogP contribution in [-0.4, -0.2) is 29.3 Å². The summed E-state index contributed by atoms with van der Waals surface area (Å²) in [6, 6.07) is 14.4. The van der Waals surface area contributed by atoms with E-state index in [0.717, 1.165) is 10.7 Å². The van der Waals surface area contributed by atoms with Gasteiger partial charge in [0.25, 0.3) is 0 Å². The molecule has 1 aromatic carbocycles. The number of fused-ring (bicyclic) bond motifs is 1. The normalized spacial score (nSPS) is 11.8. The summed E-state index contributed by atoms with van der Waals surface area (Å²) in [5.41, 5.74) is 1.01. The second-order valence-electron chi connectivity index (χ2n) is 4.52. The molecule has 2 aromatic heterocycles. The molecule has 0 saturated carbocycles. The van der Waals surface area contributed by atoms with Crippen LogP contribution in [-0.2, 0) is 9.84 Å². The lowest BCUT2D eigenvalue weighted by atomic mass is 10.4. The molecule has 21 heavy (non-hydrogen) atoms. The van der Waals surface area contributed by atoms with Crippen molar-refractivity contribution < 1.29 is 8.42 Å². The molecule has 0 spiro atoms. The molecule has 0 aliphatic heterocycles. The minimum Gasteiger partial charge on any atom is -0.295 e. The van der Waals surface area contributed by atoms with E-state index in [1.165, 1.54) is 11.8 Å². The van der Waals surface area contributed by atoms with E-state index in [1.807, 2.05) is 34.9 Å². The maximum absolute atomic E-state index is 12.2. The fourth-order valence-corrected chi connectivity index (χ4v) is 4.65. The molecule has 0 bridgehead atoms. The van der Waals surface area contributed by atoms with Crippen LogP contribution in [0.2, 0.25) is 0 Å². The van der Waals surface area contributed by atoms with Gasteiger partial charge in [0.05, 0.1) is 22.4 Å². The average molecular weight is 318 g/mol. The number of sulfone groups is 1. The van der Waals surface area contributed by atoms with E-state index < -0.39 is 9.84 Å². The summed E-state index contributed by atoms with van der Waals surface area (Å²) in [4.78, 5) is 4.69. The summed E-state index contributed by atoms with van der Waals surface area (Å²) in [7, 11) is -3.22. The highest BCUT2D eigenvalue weighted by Crippen LogP contribution is 2.20. The first kappa shape index (κ1) is 14.2. The molecule has 0 atom stereocenters. The quantitative estimate of drug-likeness (QED) is 0.679. The highest BCUT2D eigenvalue weighted by Gasteiger charge is 2.14. The van der Waals surface area contributed by atoms with Gasteiger partial charge in [-0.15, -0.1) is 0 Å². The zero-order chi connectivity index (χ0) is 14.7. The van der Waals surface area contributed by atoms with Crippen molar-refractivity contribution in [1.29, 1.82) is 0 Å². The topological polar surface area (TPSA) is 51.4 Å². The van der Waals surface area contributed by atoms with Gasteiger partial charge < -0.3 is 0 Å². The Morgan fingerprint density at radius 2 is 1.81 bits per heavy atom. The van der Waals surface area contributed by atoms with Gasteiger partial charge >= 0.3 is 0 Å². The molecule has 108 valence electrons. The van der Waals surface area contributed by atoms with Gasteiger partial charge in [0.2, 0.25) is 0 Å². The number of thioether (sulfide) groups is 1. The van der Waals surface area contributed by atoms with E-state index in [0.29, 0.717) is 10.6 Å². The first-order valence-electron chi connectivity index (χ1n) is 6.49. The number of benzene rings is 1. The van der Waals surface area contributed by atoms with Crippen LogP contribution < -0.4 is 0 Å². The minimum absolute atomic E-state index is 0.101. The average Bonchev–Trinajstić information content (AvgIpc) is 2.92. The molecule has 2 heterocycles. The van der Waals surface area contributed by atoms with Crippen molar-refractivity contribution in [1.82, 2.24) is 9.38 Å². The van der Waals surface area contributed by atoms with Gasteiger partial charge in [-0.3, -0.25) is 4.40 Å². The van der Waals surface area contributed by atoms with Crippen LogP contribution in [0.3, 0.4) is 0 Å². The maximum Gasteiger partial charge on any atom is 0.179 e. The number of nitrogens with zero attached hydrogens (tertiary/aromatic N) is 2. The van der Waals surface area contributed by atoms with Crippen LogP contribution in [0.5, 0.6) is 0 Å². The zero-order valence-electron chi connectivity index (χ0n) is 11.2. The third kappa shape index (κ3) is 3.11. The monoisotopic (exact) mass is 318 g/mol. The van der Waals surface area contributed by atoms with Crippen molar-refractivity contribution >= 4 is 27.1 Å². The van der Waals surface area contributed by atoms with Crippen molar-refractivity contribution in [3.8, 4) is 0 Å². The van der Waals surface area contributed by atoms with Gasteiger partial charge in [-0.1, -0.05) is 36.0 Å². The fraction of sp³-hybridized carbons (Fsp3) is 0.133. The number of aromatic nitrogens is 2. The summed E-state index contributed by atoms with van der Waals surface area (Å²) in [5.74, 6) is 0.578. The lowest BCUT2D eigenvalue weighted by Crippen LogP contribution is -2.08. The molecule has 0 unspecified atom stereocenters. The van der Waals surface area contributed by atoms with Gasteiger partial charge in [-0.2, -0.15) is 0 Å². The lowest BCUT2D eigenvalue weighted by Gasteiger charge is -2.04. The highest BCUT2D eigenvalue weighted by molar-refractivity contribution is 8.00. The Hall–Kier alpha value is -1.79. The number of rotatable bonds is 5. The second kappa shape index (κ2) is 5.91. The van der Waals surface area contributed by atoms with Crippen molar-refractivity contribution in [3.05, 3.63) is 60.9 Å². The van der Waals surface area contributed by atoms with Crippen LogP contribution in [0.1, 0.15) is 0 Å². The largest absolute Gasteiger partial charge is 0.295 e. The SMILES string of the molecule is O=S(=O)(CCSc1ncc2ccccn12)c1ccccc1. The smallest absolute Gasteiger partial charge is 0.179 e. The summed E-state index contributed by atoms with van der Waals surface area (Å²) >= 11 is 1.45. The van der Waals surface area contributed by atoms with E-state index in [9.17, 15) is 8.42 Å². The molecule has 0 amide bonds. The number of hydrogen-bond acceptors (Lipinski definition) is 4. The Balaban J connectivity index is 1.69. The van der Waals surface area contributed by atoms with Gasteiger partial charge in [-0.25, -0.2) is 13.4 Å². The van der Waals surface area contributed by atoms with Crippen LogP contribution in [0.25, 0.3) is 5.52 Å². The van der Waals surface area contributed by atoms with Gasteiger partial charge in [0, 0.05) is 11.9 Å². The van der Waals surface area contributed by atoms with Crippen LogP contribution in [0, 0.1) is 0 Å². The Bertz CT molecular complexity index is 842. The first-order chi connectivity index (χ1) is 10.2. The number of imidazole rings is 1. The van der Waals surface area contributed by atoms with E-state index in [1.54, 1.807) is 30.5 Å². The van der Waals surface area contributed by atoms with Gasteiger partial charge in [0.1, 0.15) is 0 Å². The molecule has 3 rings (SSSR count). The first-order valence-corrected chi connectivity index (χ1v) is 9.13. The Kier molecular flexibility index (Phi) is 3.98. The molecule has 4 nitrogen and oxygen atoms in total. The zero-order valence-corrected chi connectivity index (χ0v) is 12.8. The van der Waals surface area contributed by atoms with Crippen molar-refractivity contribution in [2.75, 3.05) is 11.5 Å². The molecule has 0 saturated heterocycles. The molecule has 0 fully saturated rings. The fourth-order valence-electron chi connectivity index (χ4n) is 2.01. The summed E-state index contributed by atoms with van der Waals surface area (Å²) in [6.07, 6.45) is 3.71. The van der Waals surface area contributed by atoms with E-state index in [4.69, 9.17) is 0 Å². The molecular formula is C15H14N2O2S2. The summed E-state index contributed by atoms with van der Waals surface area (Å²) in [6.45, 7) is 0.